The summed E-state index contributed by atoms with van der Waals surface area (Å²) in [5, 5.41) is 0. The predicted molar refractivity (Wildman–Crippen MR) is 72.9 cm³/mol. The van der Waals surface area contributed by atoms with E-state index < -0.39 is 5.91 Å². The van der Waals surface area contributed by atoms with E-state index in [4.69, 9.17) is 14.6 Å². The normalized spacial score (nSPS) is 10.7. The van der Waals surface area contributed by atoms with Gasteiger partial charge in [0.1, 0.15) is 11.5 Å². The number of furan rings is 2. The average Bonchev–Trinajstić information content (AvgIpc) is 3.11. The van der Waals surface area contributed by atoms with Crippen LogP contribution in [0.25, 0.3) is 22.8 Å². The van der Waals surface area contributed by atoms with Crippen molar-refractivity contribution >= 4 is 5.91 Å². The summed E-state index contributed by atoms with van der Waals surface area (Å²) >= 11 is 0. The zero-order chi connectivity index (χ0) is 14.1. The van der Waals surface area contributed by atoms with Gasteiger partial charge in [-0.3, -0.25) is 4.79 Å². The summed E-state index contributed by atoms with van der Waals surface area (Å²) in [6, 6.07) is 8.85. The van der Waals surface area contributed by atoms with Gasteiger partial charge < -0.3 is 14.6 Å². The standard InChI is InChI=1S/C15H12N2O3/c1-9-14(15(16)18)10(12-4-2-6-19-12)8-11(17-9)13-5-3-7-20-13/h2-8H,1H3,(H2,16,18). The minimum atomic E-state index is -0.535. The van der Waals surface area contributed by atoms with Crippen molar-refractivity contribution in [2.24, 2.45) is 5.73 Å². The number of nitrogens with two attached hydrogens (primary N) is 1. The van der Waals surface area contributed by atoms with Crippen molar-refractivity contribution in [2.75, 3.05) is 0 Å². The van der Waals surface area contributed by atoms with Crippen LogP contribution in [0.2, 0.25) is 0 Å². The summed E-state index contributed by atoms with van der Waals surface area (Å²) in [5.74, 6) is 0.654. The minimum absolute atomic E-state index is 0.357. The molecule has 3 aromatic heterocycles. The number of hydrogen-bond acceptors (Lipinski definition) is 4. The topological polar surface area (TPSA) is 82.3 Å². The van der Waals surface area contributed by atoms with Gasteiger partial charge in [-0.05, 0) is 37.3 Å². The van der Waals surface area contributed by atoms with Crippen LogP contribution in [0.5, 0.6) is 0 Å². The Balaban J connectivity index is 2.26. The highest BCUT2D eigenvalue weighted by molar-refractivity contribution is 6.00. The van der Waals surface area contributed by atoms with Crippen LogP contribution in [-0.2, 0) is 0 Å². The molecule has 3 rings (SSSR count). The molecule has 0 saturated carbocycles. The van der Waals surface area contributed by atoms with Gasteiger partial charge in [0.15, 0.2) is 5.76 Å². The molecule has 0 radical (unpaired) electrons. The number of carbonyl (C=O) groups is 1. The molecule has 3 aromatic rings. The third kappa shape index (κ3) is 1.99. The third-order valence-electron chi connectivity index (χ3n) is 3.01. The highest BCUT2D eigenvalue weighted by atomic mass is 16.3. The number of carbonyl (C=O) groups excluding carboxylic acids is 1. The molecule has 0 spiro atoms. The molecule has 1 amide bonds. The van der Waals surface area contributed by atoms with Gasteiger partial charge >= 0.3 is 0 Å². The van der Waals surface area contributed by atoms with Crippen molar-refractivity contribution in [3.8, 4) is 22.8 Å². The zero-order valence-electron chi connectivity index (χ0n) is 10.8. The van der Waals surface area contributed by atoms with E-state index in [1.54, 1.807) is 49.8 Å². The van der Waals surface area contributed by atoms with Crippen LogP contribution in [-0.4, -0.2) is 10.9 Å². The first-order valence-electron chi connectivity index (χ1n) is 6.06. The number of pyridine rings is 1. The zero-order valence-corrected chi connectivity index (χ0v) is 10.8. The number of aromatic nitrogens is 1. The van der Waals surface area contributed by atoms with Crippen molar-refractivity contribution in [1.29, 1.82) is 0 Å². The van der Waals surface area contributed by atoms with Crippen LogP contribution in [0, 0.1) is 6.92 Å². The van der Waals surface area contributed by atoms with Gasteiger partial charge in [0.05, 0.1) is 23.8 Å². The molecule has 0 aromatic carbocycles. The third-order valence-corrected chi connectivity index (χ3v) is 3.01. The summed E-state index contributed by atoms with van der Waals surface area (Å²) in [6.07, 6.45) is 3.11. The Morgan fingerprint density at radius 2 is 1.80 bits per heavy atom. The van der Waals surface area contributed by atoms with E-state index in [0.717, 1.165) is 0 Å². The Bertz CT molecular complexity index is 744. The first-order chi connectivity index (χ1) is 9.66. The lowest BCUT2D eigenvalue weighted by Crippen LogP contribution is -2.15. The Labute approximate surface area is 115 Å². The van der Waals surface area contributed by atoms with E-state index in [1.807, 2.05) is 0 Å². The van der Waals surface area contributed by atoms with E-state index in [9.17, 15) is 4.79 Å². The molecular formula is C15H12N2O3. The van der Waals surface area contributed by atoms with Gasteiger partial charge in [0, 0.05) is 5.56 Å². The number of aryl methyl sites for hydroxylation is 1. The van der Waals surface area contributed by atoms with Gasteiger partial charge in [-0.1, -0.05) is 0 Å². The largest absolute Gasteiger partial charge is 0.464 e. The maximum Gasteiger partial charge on any atom is 0.251 e. The lowest BCUT2D eigenvalue weighted by Gasteiger charge is -2.09. The number of amides is 1. The molecule has 0 aliphatic rings. The van der Waals surface area contributed by atoms with Crippen molar-refractivity contribution in [2.45, 2.75) is 6.92 Å². The Morgan fingerprint density at radius 3 is 2.35 bits per heavy atom. The van der Waals surface area contributed by atoms with Gasteiger partial charge in [0.2, 0.25) is 0 Å². The second-order valence-corrected chi connectivity index (χ2v) is 4.33. The quantitative estimate of drug-likeness (QED) is 0.791. The van der Waals surface area contributed by atoms with E-state index in [-0.39, 0.29) is 0 Å². The number of primary amides is 1. The monoisotopic (exact) mass is 268 g/mol. The number of hydrogen-bond donors (Lipinski definition) is 1. The lowest BCUT2D eigenvalue weighted by atomic mass is 10.0. The molecule has 20 heavy (non-hydrogen) atoms. The molecule has 0 aliphatic carbocycles. The van der Waals surface area contributed by atoms with Gasteiger partial charge in [-0.2, -0.15) is 0 Å². The van der Waals surface area contributed by atoms with E-state index >= 15 is 0 Å². The fourth-order valence-corrected chi connectivity index (χ4v) is 2.16. The van der Waals surface area contributed by atoms with E-state index in [1.165, 1.54) is 0 Å². The van der Waals surface area contributed by atoms with Crippen LogP contribution >= 0.6 is 0 Å². The summed E-state index contributed by atoms with van der Waals surface area (Å²) in [7, 11) is 0. The molecule has 3 heterocycles. The van der Waals surface area contributed by atoms with Crippen molar-refractivity contribution in [3.63, 3.8) is 0 Å². The molecule has 5 nitrogen and oxygen atoms in total. The maximum atomic E-state index is 11.7. The fraction of sp³-hybridized carbons (Fsp3) is 0.0667. The van der Waals surface area contributed by atoms with Crippen LogP contribution in [0.1, 0.15) is 16.1 Å². The molecule has 0 fully saturated rings. The van der Waals surface area contributed by atoms with E-state index in [2.05, 4.69) is 4.98 Å². The highest BCUT2D eigenvalue weighted by Gasteiger charge is 2.19. The van der Waals surface area contributed by atoms with Gasteiger partial charge in [-0.15, -0.1) is 0 Å². The molecule has 0 bridgehead atoms. The smallest absolute Gasteiger partial charge is 0.251 e. The molecule has 0 atom stereocenters. The second-order valence-electron chi connectivity index (χ2n) is 4.33. The lowest BCUT2D eigenvalue weighted by molar-refractivity contribution is 0.1000. The highest BCUT2D eigenvalue weighted by Crippen LogP contribution is 2.30. The Morgan fingerprint density at radius 1 is 1.15 bits per heavy atom. The first-order valence-corrected chi connectivity index (χ1v) is 6.06. The second kappa shape index (κ2) is 4.70. The molecule has 0 saturated heterocycles. The van der Waals surface area contributed by atoms with Crippen molar-refractivity contribution in [1.82, 2.24) is 4.98 Å². The molecule has 0 aliphatic heterocycles. The SMILES string of the molecule is Cc1nc(-c2ccco2)cc(-c2ccco2)c1C(N)=O. The average molecular weight is 268 g/mol. The van der Waals surface area contributed by atoms with Crippen LogP contribution in [0.4, 0.5) is 0 Å². The molecule has 100 valence electrons. The van der Waals surface area contributed by atoms with Crippen LogP contribution < -0.4 is 5.73 Å². The summed E-state index contributed by atoms with van der Waals surface area (Å²) in [5.41, 5.74) is 7.58. The Hall–Kier alpha value is -2.82. The molecule has 0 unspecified atom stereocenters. The van der Waals surface area contributed by atoms with Crippen LogP contribution in [0.3, 0.4) is 0 Å². The maximum absolute atomic E-state index is 11.7. The van der Waals surface area contributed by atoms with Crippen molar-refractivity contribution in [3.05, 3.63) is 54.1 Å². The minimum Gasteiger partial charge on any atom is -0.464 e. The number of nitrogens with zero attached hydrogens (tertiary/aromatic N) is 1. The summed E-state index contributed by atoms with van der Waals surface area (Å²) in [4.78, 5) is 16.0. The summed E-state index contributed by atoms with van der Waals surface area (Å²) < 4.78 is 10.7. The molecular weight excluding hydrogens is 256 g/mol. The molecule has 2 N–H and O–H groups in total. The molecule has 5 heteroatoms. The predicted octanol–water partition coefficient (Wildman–Crippen LogP) is 3.01. The van der Waals surface area contributed by atoms with Gasteiger partial charge in [-0.25, -0.2) is 4.98 Å². The number of rotatable bonds is 3. The summed E-state index contributed by atoms with van der Waals surface area (Å²) in [6.45, 7) is 1.74. The van der Waals surface area contributed by atoms with Crippen LogP contribution in [0.15, 0.2) is 51.7 Å². The van der Waals surface area contributed by atoms with E-state index in [0.29, 0.717) is 34.0 Å². The van der Waals surface area contributed by atoms with Gasteiger partial charge in [0.25, 0.3) is 5.91 Å². The Kier molecular flexibility index (Phi) is 2.87. The van der Waals surface area contributed by atoms with Crippen molar-refractivity contribution < 1.29 is 13.6 Å². The first kappa shape index (κ1) is 12.2. The fourth-order valence-electron chi connectivity index (χ4n) is 2.16.